The van der Waals surface area contributed by atoms with Crippen LogP contribution in [-0.4, -0.2) is 47.5 Å². The number of nitrogens with one attached hydrogen (secondary N) is 1. The molecule has 0 aliphatic carbocycles. The number of nitrogens with zero attached hydrogens (tertiary/aromatic N) is 4. The van der Waals surface area contributed by atoms with Crippen LogP contribution in [0.3, 0.4) is 0 Å². The summed E-state index contributed by atoms with van der Waals surface area (Å²) in [5, 5.41) is 16.4. The number of primary amides is 1. The van der Waals surface area contributed by atoms with Crippen LogP contribution in [0.25, 0.3) is 11.1 Å². The minimum absolute atomic E-state index is 0.0289. The fourth-order valence-electron chi connectivity index (χ4n) is 4.24. The zero-order valence-corrected chi connectivity index (χ0v) is 19.3. The summed E-state index contributed by atoms with van der Waals surface area (Å²) in [6.45, 7) is 0.921. The molecule has 36 heavy (non-hydrogen) atoms. The fourth-order valence-corrected chi connectivity index (χ4v) is 4.24. The number of carbonyl (C=O) groups is 2. The second-order valence-electron chi connectivity index (χ2n) is 8.17. The number of hydrogen-bond acceptors (Lipinski definition) is 6. The zero-order chi connectivity index (χ0) is 26.2. The third-order valence-corrected chi connectivity index (χ3v) is 5.81. The molecule has 0 radical (unpaired) electrons. The van der Waals surface area contributed by atoms with Crippen LogP contribution in [0.4, 0.5) is 24.5 Å². The Bertz CT molecular complexity index is 1380. The fraction of sp³-hybridized carbons (Fsp3) is 0.250. The molecule has 186 valence electrons. The average Bonchev–Trinajstić information content (AvgIpc) is 3.25. The lowest BCUT2D eigenvalue weighted by Crippen LogP contribution is -2.47. The minimum atomic E-state index is -4.36. The summed E-state index contributed by atoms with van der Waals surface area (Å²) in [5.41, 5.74) is 6.85. The van der Waals surface area contributed by atoms with E-state index in [0.717, 1.165) is 0 Å². The van der Waals surface area contributed by atoms with E-state index < -0.39 is 24.5 Å². The second kappa shape index (κ2) is 9.26. The van der Waals surface area contributed by atoms with Crippen LogP contribution in [0.2, 0.25) is 0 Å². The summed E-state index contributed by atoms with van der Waals surface area (Å²) >= 11 is 0. The highest BCUT2D eigenvalue weighted by molar-refractivity contribution is 6.12. The van der Waals surface area contributed by atoms with Crippen molar-refractivity contribution in [2.24, 2.45) is 5.73 Å². The summed E-state index contributed by atoms with van der Waals surface area (Å²) in [6.07, 6.45) is -2.97. The Kier molecular flexibility index (Phi) is 6.32. The van der Waals surface area contributed by atoms with Crippen LogP contribution in [0.15, 0.2) is 42.6 Å². The quantitative estimate of drug-likeness (QED) is 0.535. The third kappa shape index (κ3) is 4.43. The molecule has 0 saturated heterocycles. The number of halogens is 3. The van der Waals surface area contributed by atoms with Crippen LogP contribution in [0.5, 0.6) is 5.75 Å². The maximum Gasteiger partial charge on any atom is 0.405 e. The van der Waals surface area contributed by atoms with Gasteiger partial charge in [0.1, 0.15) is 29.6 Å². The SMILES string of the molecule is COc1ccc(C(N)=O)c(-c2cnn3c2C(=O)N(c2ccc(NCC(F)(F)F)cc2)C(C)C3)c1C#N. The smallest absolute Gasteiger partial charge is 0.405 e. The molecule has 1 aromatic heterocycles. The number of carbonyl (C=O) groups excluding carboxylic acids is 2. The number of benzene rings is 2. The largest absolute Gasteiger partial charge is 0.495 e. The molecule has 3 N–H and O–H groups in total. The van der Waals surface area contributed by atoms with E-state index in [2.05, 4.69) is 10.4 Å². The van der Waals surface area contributed by atoms with Crippen LogP contribution < -0.4 is 20.7 Å². The van der Waals surface area contributed by atoms with Crippen molar-refractivity contribution in [3.8, 4) is 22.9 Å². The number of nitriles is 1. The molecule has 1 aliphatic heterocycles. The van der Waals surface area contributed by atoms with Crippen molar-refractivity contribution in [2.75, 3.05) is 23.9 Å². The van der Waals surface area contributed by atoms with Gasteiger partial charge in [-0.2, -0.15) is 23.5 Å². The van der Waals surface area contributed by atoms with E-state index in [9.17, 15) is 28.0 Å². The number of anilines is 2. The van der Waals surface area contributed by atoms with Gasteiger partial charge in [-0.3, -0.25) is 14.3 Å². The Labute approximate surface area is 203 Å². The molecule has 12 heteroatoms. The van der Waals surface area contributed by atoms with Gasteiger partial charge in [-0.05, 0) is 43.3 Å². The van der Waals surface area contributed by atoms with Crippen LogP contribution >= 0.6 is 0 Å². The molecule has 1 unspecified atom stereocenters. The van der Waals surface area contributed by atoms with E-state index in [1.165, 1.54) is 47.2 Å². The van der Waals surface area contributed by atoms with Crippen molar-refractivity contribution in [2.45, 2.75) is 25.7 Å². The first kappa shape index (κ1) is 24.6. The Hall–Kier alpha value is -4.53. The molecule has 9 nitrogen and oxygen atoms in total. The number of rotatable bonds is 6. The maximum atomic E-state index is 13.7. The molecule has 0 saturated carbocycles. The monoisotopic (exact) mass is 498 g/mol. The molecule has 3 aromatic rings. The van der Waals surface area contributed by atoms with Crippen molar-refractivity contribution in [3.63, 3.8) is 0 Å². The number of amides is 2. The van der Waals surface area contributed by atoms with Crippen LogP contribution in [-0.2, 0) is 6.54 Å². The van der Waals surface area contributed by atoms with Crippen molar-refractivity contribution in [3.05, 3.63) is 59.4 Å². The normalized spacial score (nSPS) is 15.3. The number of methoxy groups -OCH3 is 1. The molecule has 0 spiro atoms. The van der Waals surface area contributed by atoms with Crippen LogP contribution in [0.1, 0.15) is 33.3 Å². The molecule has 2 heterocycles. The minimum Gasteiger partial charge on any atom is -0.495 e. The topological polar surface area (TPSA) is 126 Å². The molecule has 2 amide bonds. The van der Waals surface area contributed by atoms with E-state index in [1.807, 2.05) is 6.07 Å². The lowest BCUT2D eigenvalue weighted by molar-refractivity contribution is -0.115. The summed E-state index contributed by atoms with van der Waals surface area (Å²) in [5.74, 6) is -1.05. The summed E-state index contributed by atoms with van der Waals surface area (Å²) < 4.78 is 44.3. The van der Waals surface area contributed by atoms with Gasteiger partial charge in [0.05, 0.1) is 25.9 Å². The van der Waals surface area contributed by atoms with E-state index in [1.54, 1.807) is 19.1 Å². The number of ether oxygens (including phenoxy) is 1. The Morgan fingerprint density at radius 3 is 2.56 bits per heavy atom. The lowest BCUT2D eigenvalue weighted by Gasteiger charge is -2.34. The molecule has 0 fully saturated rings. The summed E-state index contributed by atoms with van der Waals surface area (Å²) in [6, 6.07) is 10.5. The predicted octanol–water partition coefficient (Wildman–Crippen LogP) is 3.55. The highest BCUT2D eigenvalue weighted by Crippen LogP contribution is 2.38. The first-order valence-corrected chi connectivity index (χ1v) is 10.8. The van der Waals surface area contributed by atoms with Crippen molar-refractivity contribution >= 4 is 23.2 Å². The van der Waals surface area contributed by atoms with Crippen molar-refractivity contribution in [1.29, 1.82) is 5.26 Å². The first-order valence-electron chi connectivity index (χ1n) is 10.8. The Balaban J connectivity index is 1.77. The van der Waals surface area contributed by atoms with Crippen LogP contribution in [0, 0.1) is 11.3 Å². The molecule has 0 bridgehead atoms. The van der Waals surface area contributed by atoms with E-state index in [-0.39, 0.29) is 45.4 Å². The van der Waals surface area contributed by atoms with Gasteiger partial charge in [-0.25, -0.2) is 0 Å². The molecule has 1 atom stereocenters. The average molecular weight is 498 g/mol. The molecule has 1 aliphatic rings. The number of alkyl halides is 3. The predicted molar refractivity (Wildman–Crippen MR) is 125 cm³/mol. The number of aromatic nitrogens is 2. The Morgan fingerprint density at radius 2 is 1.97 bits per heavy atom. The van der Waals surface area contributed by atoms with Gasteiger partial charge in [0.25, 0.3) is 5.91 Å². The van der Waals surface area contributed by atoms with E-state index in [0.29, 0.717) is 12.2 Å². The van der Waals surface area contributed by atoms with Crippen molar-refractivity contribution in [1.82, 2.24) is 9.78 Å². The third-order valence-electron chi connectivity index (χ3n) is 5.81. The van der Waals surface area contributed by atoms with E-state index >= 15 is 0 Å². The van der Waals surface area contributed by atoms with Gasteiger partial charge >= 0.3 is 6.18 Å². The second-order valence-corrected chi connectivity index (χ2v) is 8.17. The van der Waals surface area contributed by atoms with Crippen molar-refractivity contribution < 1.29 is 27.5 Å². The van der Waals surface area contributed by atoms with Gasteiger partial charge < -0.3 is 20.7 Å². The zero-order valence-electron chi connectivity index (χ0n) is 19.3. The molecule has 4 rings (SSSR count). The number of hydrogen-bond donors (Lipinski definition) is 2. The number of nitrogens with two attached hydrogens (primary N) is 1. The van der Waals surface area contributed by atoms with E-state index in [4.69, 9.17) is 10.5 Å². The summed E-state index contributed by atoms with van der Waals surface area (Å²) in [7, 11) is 1.37. The first-order chi connectivity index (χ1) is 17.1. The summed E-state index contributed by atoms with van der Waals surface area (Å²) in [4.78, 5) is 27.4. The molecule has 2 aromatic carbocycles. The van der Waals surface area contributed by atoms with Gasteiger partial charge in [0, 0.05) is 28.1 Å². The number of fused-ring (bicyclic) bond motifs is 1. The van der Waals surface area contributed by atoms with Gasteiger partial charge in [-0.15, -0.1) is 0 Å². The van der Waals surface area contributed by atoms with Gasteiger partial charge in [0.2, 0.25) is 5.91 Å². The molecular formula is C24H21F3N6O3. The molecular weight excluding hydrogens is 477 g/mol. The van der Waals surface area contributed by atoms with Gasteiger partial charge in [0.15, 0.2) is 0 Å². The highest BCUT2D eigenvalue weighted by Gasteiger charge is 2.36. The standard InChI is InChI=1S/C24H21F3N6O3/c1-13-11-32-21(23(35)33(13)15-5-3-14(4-6-15)30-12-24(25,26)27)18(10-31-32)20-16(22(29)34)7-8-19(36-2)17(20)9-28/h3-8,10,13,30H,11-12H2,1-2H3,(H2,29,34). The van der Waals surface area contributed by atoms with Gasteiger partial charge in [-0.1, -0.05) is 0 Å². The Morgan fingerprint density at radius 1 is 1.28 bits per heavy atom. The lowest BCUT2D eigenvalue weighted by atomic mass is 9.93. The highest BCUT2D eigenvalue weighted by atomic mass is 19.4. The maximum absolute atomic E-state index is 13.7.